The van der Waals surface area contributed by atoms with E-state index in [0.29, 0.717) is 5.02 Å². The first-order chi connectivity index (χ1) is 10.2. The highest BCUT2D eigenvalue weighted by atomic mass is 79.9. The molecule has 2 nitrogen and oxygen atoms in total. The van der Waals surface area contributed by atoms with E-state index >= 15 is 0 Å². The van der Waals surface area contributed by atoms with Gasteiger partial charge in [-0.1, -0.05) is 30.7 Å². The number of hydrogen-bond donors (Lipinski definition) is 1. The van der Waals surface area contributed by atoms with E-state index < -0.39 is 0 Å². The molecule has 0 aliphatic heterocycles. The van der Waals surface area contributed by atoms with Crippen molar-refractivity contribution in [2.45, 2.75) is 19.4 Å². The molecule has 2 heterocycles. The summed E-state index contributed by atoms with van der Waals surface area (Å²) in [6.45, 7) is 3.09. The van der Waals surface area contributed by atoms with Gasteiger partial charge in [0.2, 0.25) is 0 Å². The topological polar surface area (TPSA) is 25.2 Å². The quantitative estimate of drug-likeness (QED) is 0.583. The summed E-state index contributed by atoms with van der Waals surface area (Å²) >= 11 is 11.5. The summed E-state index contributed by atoms with van der Waals surface area (Å²) in [5.74, 6) is 0.898. The van der Waals surface area contributed by atoms with Crippen LogP contribution in [-0.2, 0) is 0 Å². The van der Waals surface area contributed by atoms with Gasteiger partial charge in [0, 0.05) is 14.7 Å². The fourth-order valence-corrected chi connectivity index (χ4v) is 4.22. The first-order valence-corrected chi connectivity index (χ1v) is 8.90. The van der Waals surface area contributed by atoms with Crippen LogP contribution in [0.1, 0.15) is 30.0 Å². The molecule has 3 rings (SSSR count). The van der Waals surface area contributed by atoms with E-state index in [1.807, 2.05) is 18.2 Å². The highest BCUT2D eigenvalue weighted by Gasteiger charge is 2.22. The van der Waals surface area contributed by atoms with Gasteiger partial charge in [0.05, 0.1) is 5.02 Å². The number of thiophene rings is 1. The molecular formula is C16H15BrClNOS. The molecule has 1 N–H and O–H groups in total. The lowest BCUT2D eigenvalue weighted by Crippen LogP contribution is -2.22. The zero-order valence-corrected chi connectivity index (χ0v) is 14.7. The first kappa shape index (κ1) is 15.1. The molecule has 0 spiro atoms. The highest BCUT2D eigenvalue weighted by Crippen LogP contribution is 2.36. The average Bonchev–Trinajstić information content (AvgIpc) is 3.07. The summed E-state index contributed by atoms with van der Waals surface area (Å²) in [6.07, 6.45) is 1.07. The molecule has 1 atom stereocenters. The lowest BCUT2D eigenvalue weighted by Gasteiger charge is -2.15. The average molecular weight is 385 g/mol. The van der Waals surface area contributed by atoms with Gasteiger partial charge < -0.3 is 9.73 Å². The molecule has 0 saturated carbocycles. The van der Waals surface area contributed by atoms with Crippen molar-refractivity contribution >= 4 is 49.8 Å². The lowest BCUT2D eigenvalue weighted by atomic mass is 10.1. The van der Waals surface area contributed by atoms with Gasteiger partial charge in [-0.3, -0.25) is 0 Å². The Morgan fingerprint density at radius 3 is 2.90 bits per heavy atom. The van der Waals surface area contributed by atoms with Crippen molar-refractivity contribution in [1.82, 2.24) is 5.32 Å². The van der Waals surface area contributed by atoms with Crippen LogP contribution in [0.4, 0.5) is 0 Å². The van der Waals surface area contributed by atoms with Crippen molar-refractivity contribution in [1.29, 1.82) is 0 Å². The predicted molar refractivity (Wildman–Crippen MR) is 93.4 cm³/mol. The highest BCUT2D eigenvalue weighted by molar-refractivity contribution is 9.10. The second-order valence-corrected chi connectivity index (χ2v) is 7.04. The van der Waals surface area contributed by atoms with Crippen molar-refractivity contribution in [3.8, 4) is 0 Å². The van der Waals surface area contributed by atoms with Crippen LogP contribution in [0.25, 0.3) is 11.0 Å². The van der Waals surface area contributed by atoms with Crippen LogP contribution < -0.4 is 5.32 Å². The van der Waals surface area contributed by atoms with E-state index in [1.54, 1.807) is 11.3 Å². The number of nitrogens with one attached hydrogen (secondary N) is 1. The van der Waals surface area contributed by atoms with Crippen LogP contribution in [0.2, 0.25) is 5.02 Å². The molecule has 0 aliphatic carbocycles. The molecule has 110 valence electrons. The number of para-hydroxylation sites is 1. The van der Waals surface area contributed by atoms with E-state index in [-0.39, 0.29) is 6.04 Å². The van der Waals surface area contributed by atoms with Gasteiger partial charge in [-0.25, -0.2) is 0 Å². The number of halogens is 2. The molecule has 0 fully saturated rings. The largest absolute Gasteiger partial charge is 0.457 e. The third-order valence-electron chi connectivity index (χ3n) is 3.31. The monoisotopic (exact) mass is 383 g/mol. The first-order valence-electron chi connectivity index (χ1n) is 6.85. The normalized spacial score (nSPS) is 12.9. The second kappa shape index (κ2) is 6.53. The van der Waals surface area contributed by atoms with Gasteiger partial charge in [-0.15, -0.1) is 11.3 Å². The molecule has 0 aliphatic rings. The molecule has 0 saturated heterocycles. The molecule has 1 aromatic carbocycles. The van der Waals surface area contributed by atoms with E-state index in [9.17, 15) is 0 Å². The molecule has 0 bridgehead atoms. The number of hydrogen-bond acceptors (Lipinski definition) is 3. The SMILES string of the molecule is CCCNC(c1cc2cccc(Cl)c2o1)c1sccc1Br. The Balaban J connectivity index is 2.05. The smallest absolute Gasteiger partial charge is 0.152 e. The fourth-order valence-electron chi connectivity index (χ4n) is 2.31. The molecule has 0 amide bonds. The summed E-state index contributed by atoms with van der Waals surface area (Å²) in [5, 5.41) is 7.32. The van der Waals surface area contributed by atoms with Gasteiger partial charge in [0.25, 0.3) is 0 Å². The zero-order chi connectivity index (χ0) is 14.8. The van der Waals surface area contributed by atoms with Crippen molar-refractivity contribution in [2.75, 3.05) is 6.54 Å². The summed E-state index contributed by atoms with van der Waals surface area (Å²) in [6, 6.07) is 10.0. The zero-order valence-electron chi connectivity index (χ0n) is 11.5. The summed E-state index contributed by atoms with van der Waals surface area (Å²) < 4.78 is 7.13. The second-order valence-electron chi connectivity index (χ2n) is 4.83. The van der Waals surface area contributed by atoms with Gasteiger partial charge in [0.1, 0.15) is 11.8 Å². The Bertz CT molecular complexity index is 752. The Kier molecular flexibility index (Phi) is 4.69. The summed E-state index contributed by atoms with van der Waals surface area (Å²) in [4.78, 5) is 1.22. The van der Waals surface area contributed by atoms with Crippen LogP contribution >= 0.6 is 38.9 Å². The molecular weight excluding hydrogens is 370 g/mol. The van der Waals surface area contributed by atoms with Crippen LogP contribution in [0.3, 0.4) is 0 Å². The minimum Gasteiger partial charge on any atom is -0.457 e. The van der Waals surface area contributed by atoms with Crippen LogP contribution in [-0.4, -0.2) is 6.54 Å². The van der Waals surface area contributed by atoms with E-state index in [4.69, 9.17) is 16.0 Å². The summed E-state index contributed by atoms with van der Waals surface area (Å²) in [7, 11) is 0. The van der Waals surface area contributed by atoms with Gasteiger partial charge >= 0.3 is 0 Å². The predicted octanol–water partition coefficient (Wildman–Crippen LogP) is 6.00. The third-order valence-corrected chi connectivity index (χ3v) is 5.54. The number of benzene rings is 1. The van der Waals surface area contributed by atoms with Crippen LogP contribution in [0, 0.1) is 0 Å². The van der Waals surface area contributed by atoms with Crippen LogP contribution in [0.5, 0.6) is 0 Å². The minimum absolute atomic E-state index is 0.0443. The lowest BCUT2D eigenvalue weighted by molar-refractivity contribution is 0.473. The Morgan fingerprint density at radius 2 is 2.24 bits per heavy atom. The Morgan fingerprint density at radius 1 is 1.38 bits per heavy atom. The molecule has 1 unspecified atom stereocenters. The molecule has 21 heavy (non-hydrogen) atoms. The number of fused-ring (bicyclic) bond motifs is 1. The Labute approximate surface area is 141 Å². The third kappa shape index (κ3) is 3.04. The maximum atomic E-state index is 6.21. The summed E-state index contributed by atoms with van der Waals surface area (Å²) in [5.41, 5.74) is 0.755. The van der Waals surface area contributed by atoms with E-state index in [1.165, 1.54) is 4.88 Å². The maximum absolute atomic E-state index is 6.21. The van der Waals surface area contributed by atoms with E-state index in [2.05, 4.69) is 45.7 Å². The van der Waals surface area contributed by atoms with Crippen molar-refractivity contribution in [2.24, 2.45) is 0 Å². The standard InChI is InChI=1S/C16H15BrClNOS/c1-2-7-19-14(16-11(17)6-8-21-16)13-9-10-4-3-5-12(18)15(10)20-13/h3-6,8-9,14,19H,2,7H2,1H3. The number of rotatable bonds is 5. The molecule has 0 radical (unpaired) electrons. The minimum atomic E-state index is 0.0443. The van der Waals surface area contributed by atoms with Gasteiger partial charge in [-0.05, 0) is 52.5 Å². The molecule has 2 aromatic heterocycles. The van der Waals surface area contributed by atoms with Gasteiger partial charge in [0.15, 0.2) is 5.58 Å². The molecule has 3 aromatic rings. The molecule has 5 heteroatoms. The van der Waals surface area contributed by atoms with Gasteiger partial charge in [-0.2, -0.15) is 0 Å². The van der Waals surface area contributed by atoms with Crippen molar-refractivity contribution in [3.05, 3.63) is 55.8 Å². The Hall–Kier alpha value is -0.810. The van der Waals surface area contributed by atoms with Crippen molar-refractivity contribution in [3.63, 3.8) is 0 Å². The van der Waals surface area contributed by atoms with Crippen molar-refractivity contribution < 1.29 is 4.42 Å². The van der Waals surface area contributed by atoms with Crippen LogP contribution in [0.15, 0.2) is 44.6 Å². The van der Waals surface area contributed by atoms with E-state index in [0.717, 1.165) is 34.2 Å². The fraction of sp³-hybridized carbons (Fsp3) is 0.250. The maximum Gasteiger partial charge on any atom is 0.152 e. The number of furan rings is 1.